The maximum Gasteiger partial charge on any atom is 0.315 e. The fourth-order valence-electron chi connectivity index (χ4n) is 2.34. The number of aromatic nitrogens is 1. The molecule has 1 aromatic heterocycles. The first-order chi connectivity index (χ1) is 12.9. The van der Waals surface area contributed by atoms with E-state index in [4.69, 9.17) is 4.52 Å². The summed E-state index contributed by atoms with van der Waals surface area (Å²) >= 11 is 1.66. The molecule has 2 aromatic carbocycles. The maximum atomic E-state index is 12.0. The van der Waals surface area contributed by atoms with Gasteiger partial charge in [-0.05, 0) is 62.2 Å². The summed E-state index contributed by atoms with van der Waals surface area (Å²) in [4.78, 5) is 26.1. The first-order valence-corrected chi connectivity index (χ1v) is 9.13. The number of hydrogen-bond acceptors (Lipinski definition) is 5. The molecule has 3 rings (SSSR count). The fourth-order valence-corrected chi connectivity index (χ4v) is 3.34. The van der Waals surface area contributed by atoms with E-state index < -0.39 is 11.8 Å². The van der Waals surface area contributed by atoms with Gasteiger partial charge in [0.05, 0.1) is 0 Å². The number of aryl methyl sites for hydroxylation is 3. The number of anilines is 2. The summed E-state index contributed by atoms with van der Waals surface area (Å²) in [5, 5.41) is 8.56. The van der Waals surface area contributed by atoms with Gasteiger partial charge in [0.15, 0.2) is 5.82 Å². The smallest absolute Gasteiger partial charge is 0.315 e. The van der Waals surface area contributed by atoms with E-state index in [1.54, 1.807) is 30.8 Å². The lowest BCUT2D eigenvalue weighted by atomic mass is 10.2. The van der Waals surface area contributed by atoms with E-state index >= 15 is 0 Å². The number of benzene rings is 2. The molecule has 2 N–H and O–H groups in total. The SMILES string of the molecule is Cc1ccc(C)c(Sc2ccc(NC(=O)C(=O)Nc3cc(C)on3)cc2)c1. The summed E-state index contributed by atoms with van der Waals surface area (Å²) in [5.74, 6) is -0.835. The number of nitrogens with zero attached hydrogens (tertiary/aromatic N) is 1. The molecule has 138 valence electrons. The van der Waals surface area contributed by atoms with Crippen molar-refractivity contribution in [1.82, 2.24) is 5.16 Å². The third kappa shape index (κ3) is 4.98. The molecule has 0 saturated carbocycles. The Kier molecular flexibility index (Phi) is 5.61. The van der Waals surface area contributed by atoms with Gasteiger partial charge in [-0.1, -0.05) is 29.1 Å². The van der Waals surface area contributed by atoms with Gasteiger partial charge in [0.25, 0.3) is 0 Å². The highest BCUT2D eigenvalue weighted by Gasteiger charge is 2.15. The number of amides is 2. The van der Waals surface area contributed by atoms with Crippen LogP contribution in [0.25, 0.3) is 0 Å². The fraction of sp³-hybridized carbons (Fsp3) is 0.150. The Balaban J connectivity index is 1.60. The van der Waals surface area contributed by atoms with E-state index in [0.29, 0.717) is 11.4 Å². The van der Waals surface area contributed by atoms with Crippen LogP contribution in [0.1, 0.15) is 16.9 Å². The van der Waals surface area contributed by atoms with Crippen LogP contribution in [0.5, 0.6) is 0 Å². The maximum absolute atomic E-state index is 12.0. The Bertz CT molecular complexity index is 980. The molecule has 0 unspecified atom stereocenters. The first kappa shape index (κ1) is 18.7. The summed E-state index contributed by atoms with van der Waals surface area (Å²) in [7, 11) is 0. The van der Waals surface area contributed by atoms with Crippen molar-refractivity contribution in [3.8, 4) is 0 Å². The molecule has 3 aromatic rings. The van der Waals surface area contributed by atoms with Gasteiger partial charge in [0, 0.05) is 21.5 Å². The summed E-state index contributed by atoms with van der Waals surface area (Å²) in [6.45, 7) is 5.83. The van der Waals surface area contributed by atoms with Gasteiger partial charge in [-0.2, -0.15) is 0 Å². The predicted octanol–water partition coefficient (Wildman–Crippen LogP) is 4.33. The Morgan fingerprint density at radius 1 is 0.926 bits per heavy atom. The average Bonchev–Trinajstić information content (AvgIpc) is 3.04. The molecule has 0 radical (unpaired) electrons. The molecule has 1 heterocycles. The third-order valence-electron chi connectivity index (χ3n) is 3.76. The molecule has 0 fully saturated rings. The minimum absolute atomic E-state index is 0.202. The van der Waals surface area contributed by atoms with Crippen LogP contribution in [0.15, 0.2) is 62.8 Å². The lowest BCUT2D eigenvalue weighted by Crippen LogP contribution is -2.29. The second kappa shape index (κ2) is 8.09. The van der Waals surface area contributed by atoms with Crippen molar-refractivity contribution in [3.63, 3.8) is 0 Å². The Morgan fingerprint density at radius 3 is 2.30 bits per heavy atom. The Morgan fingerprint density at radius 2 is 1.63 bits per heavy atom. The van der Waals surface area contributed by atoms with Crippen LogP contribution in [-0.2, 0) is 9.59 Å². The molecule has 0 aliphatic rings. The molecular formula is C20H19N3O3S. The van der Waals surface area contributed by atoms with Crippen molar-refractivity contribution in [2.24, 2.45) is 0 Å². The lowest BCUT2D eigenvalue weighted by Gasteiger charge is -2.08. The number of carbonyl (C=O) groups excluding carboxylic acids is 2. The number of rotatable bonds is 4. The second-order valence-electron chi connectivity index (χ2n) is 6.13. The van der Waals surface area contributed by atoms with Gasteiger partial charge in [-0.3, -0.25) is 14.9 Å². The molecular weight excluding hydrogens is 362 g/mol. The second-order valence-corrected chi connectivity index (χ2v) is 7.24. The quantitative estimate of drug-likeness (QED) is 0.657. The summed E-state index contributed by atoms with van der Waals surface area (Å²) in [6.07, 6.45) is 0. The molecule has 7 heteroatoms. The van der Waals surface area contributed by atoms with E-state index in [9.17, 15) is 9.59 Å². The number of carbonyl (C=O) groups is 2. The molecule has 0 aliphatic heterocycles. The van der Waals surface area contributed by atoms with E-state index in [1.807, 2.05) is 12.1 Å². The van der Waals surface area contributed by atoms with Crippen molar-refractivity contribution in [2.75, 3.05) is 10.6 Å². The Hall–Kier alpha value is -3.06. The zero-order valence-electron chi connectivity index (χ0n) is 15.2. The van der Waals surface area contributed by atoms with Gasteiger partial charge in [-0.25, -0.2) is 0 Å². The van der Waals surface area contributed by atoms with Crippen molar-refractivity contribution in [2.45, 2.75) is 30.6 Å². The summed E-state index contributed by atoms with van der Waals surface area (Å²) < 4.78 is 4.84. The van der Waals surface area contributed by atoms with E-state index in [-0.39, 0.29) is 5.82 Å². The topological polar surface area (TPSA) is 84.2 Å². The average molecular weight is 381 g/mol. The van der Waals surface area contributed by atoms with Gasteiger partial charge >= 0.3 is 11.8 Å². The summed E-state index contributed by atoms with van der Waals surface area (Å²) in [6, 6.07) is 15.2. The molecule has 0 bridgehead atoms. The predicted molar refractivity (Wildman–Crippen MR) is 105 cm³/mol. The standard InChI is InChI=1S/C20H19N3O3S/c1-12-4-5-13(2)17(10-12)27-16-8-6-15(7-9-16)21-19(24)20(25)22-18-11-14(3)26-23-18/h4-11H,1-3H3,(H,21,24)(H,22,23,25). The zero-order valence-corrected chi connectivity index (χ0v) is 16.0. The minimum atomic E-state index is -0.808. The van der Waals surface area contributed by atoms with E-state index in [2.05, 4.69) is 47.8 Å². The molecule has 0 aliphatic carbocycles. The van der Waals surface area contributed by atoms with Gasteiger partial charge in [-0.15, -0.1) is 0 Å². The summed E-state index contributed by atoms with van der Waals surface area (Å²) in [5.41, 5.74) is 2.96. The number of hydrogen-bond donors (Lipinski definition) is 2. The van der Waals surface area contributed by atoms with Crippen molar-refractivity contribution < 1.29 is 14.1 Å². The van der Waals surface area contributed by atoms with Crippen molar-refractivity contribution in [3.05, 3.63) is 65.4 Å². The van der Waals surface area contributed by atoms with E-state index in [0.717, 1.165) is 4.90 Å². The van der Waals surface area contributed by atoms with Crippen molar-refractivity contribution >= 4 is 35.1 Å². The first-order valence-electron chi connectivity index (χ1n) is 8.31. The lowest BCUT2D eigenvalue weighted by molar-refractivity contribution is -0.133. The largest absolute Gasteiger partial charge is 0.360 e. The van der Waals surface area contributed by atoms with Crippen LogP contribution in [0.2, 0.25) is 0 Å². The highest BCUT2D eigenvalue weighted by molar-refractivity contribution is 7.99. The van der Waals surface area contributed by atoms with Crippen LogP contribution < -0.4 is 10.6 Å². The minimum Gasteiger partial charge on any atom is -0.360 e. The van der Waals surface area contributed by atoms with Gasteiger partial charge in [0.2, 0.25) is 0 Å². The normalized spacial score (nSPS) is 10.5. The van der Waals surface area contributed by atoms with Crippen LogP contribution >= 0.6 is 11.8 Å². The third-order valence-corrected chi connectivity index (χ3v) is 4.93. The van der Waals surface area contributed by atoms with Crippen LogP contribution in [-0.4, -0.2) is 17.0 Å². The van der Waals surface area contributed by atoms with Gasteiger partial charge in [0.1, 0.15) is 5.76 Å². The monoisotopic (exact) mass is 381 g/mol. The number of nitrogens with one attached hydrogen (secondary N) is 2. The Labute approximate surface area is 161 Å². The highest BCUT2D eigenvalue weighted by Crippen LogP contribution is 2.31. The molecule has 2 amide bonds. The van der Waals surface area contributed by atoms with Crippen LogP contribution in [0.4, 0.5) is 11.5 Å². The molecule has 0 atom stereocenters. The van der Waals surface area contributed by atoms with Crippen molar-refractivity contribution in [1.29, 1.82) is 0 Å². The van der Waals surface area contributed by atoms with Crippen LogP contribution in [0, 0.1) is 20.8 Å². The van der Waals surface area contributed by atoms with E-state index in [1.165, 1.54) is 22.1 Å². The molecule has 0 saturated heterocycles. The molecule has 6 nitrogen and oxygen atoms in total. The zero-order chi connectivity index (χ0) is 19.4. The molecule has 27 heavy (non-hydrogen) atoms. The molecule has 0 spiro atoms. The highest BCUT2D eigenvalue weighted by atomic mass is 32.2. The van der Waals surface area contributed by atoms with Gasteiger partial charge < -0.3 is 9.84 Å². The van der Waals surface area contributed by atoms with Crippen LogP contribution in [0.3, 0.4) is 0 Å².